The lowest BCUT2D eigenvalue weighted by molar-refractivity contribution is -0.118. The molecule has 2 aliphatic rings. The minimum Gasteiger partial charge on any atom is -0.509 e. The number of aliphatic hydroxyl groups is 2. The molecule has 0 radical (unpaired) electrons. The SMILES string of the molecule is CO[C@H]1C[C@H]2\C=C(C)/C=C\C=C\C(=O)N[C@@H](c3ccccc3)C/C=C\CC[C@@H](O)CC(=O)C2=C1O. The Balaban J connectivity index is 1.84. The van der Waals surface area contributed by atoms with E-state index >= 15 is 0 Å². The molecule has 1 heterocycles. The largest absolute Gasteiger partial charge is 0.509 e. The summed E-state index contributed by atoms with van der Waals surface area (Å²) in [5, 5.41) is 24.1. The quantitative estimate of drug-likeness (QED) is 0.532. The standard InChI is InChI=1S/C29H35NO5/c1-20-11-9-10-16-27(33)30-24(21-12-5-3-6-13-21)15-8-4-7-14-23(31)19-25(32)28-22(17-20)18-26(35-2)29(28)34/h3-6,8-13,16-17,22-24,26,31,34H,7,14-15,18-19H2,1-2H3,(H,30,33)/b8-4-,11-9-,16-10+,20-17-/t22-,23-,24-,26+/m1/s1. The molecule has 1 aromatic carbocycles. The zero-order chi connectivity index (χ0) is 25.2. The fraction of sp³-hybridized carbons (Fsp3) is 0.379. The van der Waals surface area contributed by atoms with Crippen molar-refractivity contribution < 1.29 is 24.5 Å². The summed E-state index contributed by atoms with van der Waals surface area (Å²) in [5.74, 6) is -0.790. The molecule has 0 saturated carbocycles. The van der Waals surface area contributed by atoms with Crippen molar-refractivity contribution in [2.45, 2.75) is 57.3 Å². The van der Waals surface area contributed by atoms with Gasteiger partial charge < -0.3 is 20.3 Å². The van der Waals surface area contributed by atoms with Crippen LogP contribution in [0.3, 0.4) is 0 Å². The van der Waals surface area contributed by atoms with Gasteiger partial charge in [0.1, 0.15) is 11.9 Å². The zero-order valence-electron chi connectivity index (χ0n) is 20.4. The van der Waals surface area contributed by atoms with Crippen LogP contribution in [0.2, 0.25) is 0 Å². The number of rotatable bonds is 2. The Morgan fingerprint density at radius 2 is 1.80 bits per heavy atom. The fourth-order valence-corrected chi connectivity index (χ4v) is 4.50. The molecule has 3 N–H and O–H groups in total. The Bertz CT molecular complexity index is 1030. The van der Waals surface area contributed by atoms with Gasteiger partial charge in [0.25, 0.3) is 0 Å². The highest BCUT2D eigenvalue weighted by Gasteiger charge is 2.36. The molecule has 1 aromatic rings. The third-order valence-corrected chi connectivity index (χ3v) is 6.33. The van der Waals surface area contributed by atoms with Crippen LogP contribution in [0.5, 0.6) is 0 Å². The third kappa shape index (κ3) is 7.64. The predicted molar refractivity (Wildman–Crippen MR) is 137 cm³/mol. The van der Waals surface area contributed by atoms with E-state index in [1.54, 1.807) is 12.2 Å². The van der Waals surface area contributed by atoms with Crippen molar-refractivity contribution in [3.63, 3.8) is 0 Å². The van der Waals surface area contributed by atoms with Gasteiger partial charge in [-0.05, 0) is 38.2 Å². The number of aliphatic hydroxyl groups excluding tert-OH is 2. The maximum absolute atomic E-state index is 13.0. The number of hydrogen-bond donors (Lipinski definition) is 3. The third-order valence-electron chi connectivity index (χ3n) is 6.33. The first-order valence-corrected chi connectivity index (χ1v) is 12.1. The average Bonchev–Trinajstić information content (AvgIpc) is 3.15. The maximum Gasteiger partial charge on any atom is 0.244 e. The Morgan fingerprint density at radius 1 is 1.06 bits per heavy atom. The number of methoxy groups -OCH3 is 1. The molecule has 0 unspecified atom stereocenters. The normalized spacial score (nSPS) is 31.2. The van der Waals surface area contributed by atoms with Crippen LogP contribution in [-0.4, -0.2) is 41.2 Å². The van der Waals surface area contributed by atoms with E-state index in [0.717, 1.165) is 11.1 Å². The lowest BCUT2D eigenvalue weighted by Gasteiger charge is -2.17. The van der Waals surface area contributed by atoms with Crippen LogP contribution >= 0.6 is 0 Å². The van der Waals surface area contributed by atoms with Crippen LogP contribution < -0.4 is 5.32 Å². The molecule has 1 aliphatic carbocycles. The van der Waals surface area contributed by atoms with Gasteiger partial charge in [0.05, 0.1) is 12.1 Å². The number of ether oxygens (including phenoxy) is 1. The second kappa shape index (κ2) is 13.0. The Morgan fingerprint density at radius 3 is 2.54 bits per heavy atom. The summed E-state index contributed by atoms with van der Waals surface area (Å²) in [6, 6.07) is 9.61. The fourth-order valence-electron chi connectivity index (χ4n) is 4.50. The van der Waals surface area contributed by atoms with E-state index in [2.05, 4.69) is 5.32 Å². The highest BCUT2D eigenvalue weighted by molar-refractivity contribution is 5.97. The van der Waals surface area contributed by atoms with Gasteiger partial charge in [-0.15, -0.1) is 0 Å². The number of allylic oxidation sites excluding steroid dienone is 7. The molecule has 0 saturated heterocycles. The molecule has 0 spiro atoms. The topological polar surface area (TPSA) is 95.9 Å². The minimum absolute atomic E-state index is 0.0444. The summed E-state index contributed by atoms with van der Waals surface area (Å²) in [6.45, 7) is 1.90. The molecule has 6 heteroatoms. The molecular weight excluding hydrogens is 442 g/mol. The van der Waals surface area contributed by atoms with Crippen LogP contribution in [0.4, 0.5) is 0 Å². The van der Waals surface area contributed by atoms with Gasteiger partial charge in [-0.2, -0.15) is 0 Å². The lowest BCUT2D eigenvalue weighted by atomic mass is 9.92. The predicted octanol–water partition coefficient (Wildman–Crippen LogP) is 4.81. The summed E-state index contributed by atoms with van der Waals surface area (Å²) < 4.78 is 5.35. The molecule has 0 fully saturated rings. The van der Waals surface area contributed by atoms with Crippen molar-refractivity contribution in [2.75, 3.05) is 7.11 Å². The van der Waals surface area contributed by atoms with Gasteiger partial charge in [0.15, 0.2) is 5.78 Å². The van der Waals surface area contributed by atoms with E-state index in [9.17, 15) is 19.8 Å². The number of carbonyl (C=O) groups is 2. The van der Waals surface area contributed by atoms with E-state index < -0.39 is 12.2 Å². The number of amides is 1. The minimum atomic E-state index is -0.810. The van der Waals surface area contributed by atoms with Crippen molar-refractivity contribution in [1.29, 1.82) is 0 Å². The summed E-state index contributed by atoms with van der Waals surface area (Å²) in [6.07, 6.45) is 13.4. The number of Topliss-reactive ketones (excluding diaryl/α,β-unsaturated/α-hetero) is 1. The summed E-state index contributed by atoms with van der Waals surface area (Å²) in [4.78, 5) is 25.5. The van der Waals surface area contributed by atoms with Crippen molar-refractivity contribution in [3.05, 3.63) is 95.3 Å². The summed E-state index contributed by atoms with van der Waals surface area (Å²) in [5.41, 5.74) is 2.22. The van der Waals surface area contributed by atoms with E-state index in [0.29, 0.717) is 31.3 Å². The van der Waals surface area contributed by atoms with Gasteiger partial charge >= 0.3 is 0 Å². The van der Waals surface area contributed by atoms with Crippen LogP contribution in [-0.2, 0) is 14.3 Å². The van der Waals surface area contributed by atoms with Crippen LogP contribution in [0.25, 0.3) is 0 Å². The van der Waals surface area contributed by atoms with E-state index in [-0.39, 0.29) is 35.8 Å². The maximum atomic E-state index is 13.0. The lowest BCUT2D eigenvalue weighted by Crippen LogP contribution is -2.26. The number of benzene rings is 1. The second-order valence-corrected chi connectivity index (χ2v) is 9.03. The van der Waals surface area contributed by atoms with Gasteiger partial charge in [0.2, 0.25) is 5.91 Å². The molecule has 0 aromatic heterocycles. The monoisotopic (exact) mass is 477 g/mol. The number of hydrogen-bond acceptors (Lipinski definition) is 5. The molecule has 6 nitrogen and oxygen atoms in total. The van der Waals surface area contributed by atoms with Crippen molar-refractivity contribution >= 4 is 11.7 Å². The van der Waals surface area contributed by atoms with Crippen LogP contribution in [0.15, 0.2) is 89.8 Å². The number of fused-ring (bicyclic) bond motifs is 1. The van der Waals surface area contributed by atoms with Crippen molar-refractivity contribution in [3.8, 4) is 0 Å². The molecule has 0 bridgehead atoms. The molecular formula is C29H35NO5. The smallest absolute Gasteiger partial charge is 0.244 e. The molecule has 4 atom stereocenters. The molecule has 186 valence electrons. The van der Waals surface area contributed by atoms with Gasteiger partial charge in [-0.25, -0.2) is 0 Å². The van der Waals surface area contributed by atoms with E-state index in [1.165, 1.54) is 13.2 Å². The summed E-state index contributed by atoms with van der Waals surface area (Å²) >= 11 is 0. The Hall–Kier alpha value is -3.22. The second-order valence-electron chi connectivity index (χ2n) is 9.03. The first-order valence-electron chi connectivity index (χ1n) is 12.1. The highest BCUT2D eigenvalue weighted by Crippen LogP contribution is 2.36. The number of carbonyl (C=O) groups excluding carboxylic acids is 2. The molecule has 35 heavy (non-hydrogen) atoms. The van der Waals surface area contributed by atoms with E-state index in [1.807, 2.05) is 61.6 Å². The summed E-state index contributed by atoms with van der Waals surface area (Å²) in [7, 11) is 1.51. The first-order chi connectivity index (χ1) is 16.9. The molecule has 3 rings (SSSR count). The van der Waals surface area contributed by atoms with Gasteiger partial charge in [-0.3, -0.25) is 9.59 Å². The van der Waals surface area contributed by atoms with Crippen molar-refractivity contribution in [2.24, 2.45) is 5.92 Å². The Kier molecular flexibility index (Phi) is 9.82. The zero-order valence-corrected chi connectivity index (χ0v) is 20.4. The number of ketones is 1. The first kappa shape index (κ1) is 26.4. The van der Waals surface area contributed by atoms with Crippen molar-refractivity contribution in [1.82, 2.24) is 5.32 Å². The molecule has 1 aliphatic heterocycles. The van der Waals surface area contributed by atoms with Gasteiger partial charge in [0, 0.05) is 31.1 Å². The Labute approximate surface area is 207 Å². The number of nitrogens with one attached hydrogen (secondary N) is 1. The molecule has 1 amide bonds. The van der Waals surface area contributed by atoms with Crippen LogP contribution in [0, 0.1) is 5.92 Å². The van der Waals surface area contributed by atoms with E-state index in [4.69, 9.17) is 4.74 Å². The van der Waals surface area contributed by atoms with Gasteiger partial charge in [-0.1, -0.05) is 72.4 Å². The van der Waals surface area contributed by atoms with Crippen LogP contribution in [0.1, 0.15) is 50.6 Å². The highest BCUT2D eigenvalue weighted by atomic mass is 16.5. The average molecular weight is 478 g/mol.